The summed E-state index contributed by atoms with van der Waals surface area (Å²) in [5.74, 6) is -0.579. The van der Waals surface area contributed by atoms with Crippen molar-refractivity contribution < 1.29 is 19.2 Å². The Morgan fingerprint density at radius 3 is 2.69 bits per heavy atom. The van der Waals surface area contributed by atoms with Crippen molar-refractivity contribution >= 4 is 11.6 Å². The van der Waals surface area contributed by atoms with Crippen molar-refractivity contribution in [2.24, 2.45) is 0 Å². The number of rotatable bonds is 3. The zero-order valence-electron chi connectivity index (χ0n) is 15.7. The first kappa shape index (κ1) is 18.8. The molecule has 1 N–H and O–H groups in total. The molecule has 1 unspecified atom stereocenters. The molecule has 1 spiro atoms. The van der Waals surface area contributed by atoms with Crippen LogP contribution < -0.4 is 0 Å². The maximum atomic E-state index is 13.1. The molecule has 0 aliphatic carbocycles. The van der Waals surface area contributed by atoms with Gasteiger partial charge in [-0.15, -0.1) is 0 Å². The van der Waals surface area contributed by atoms with Gasteiger partial charge in [-0.25, -0.2) is 0 Å². The van der Waals surface area contributed by atoms with Crippen LogP contribution in [0.1, 0.15) is 62.6 Å². The summed E-state index contributed by atoms with van der Waals surface area (Å²) in [5, 5.41) is 18.2. The summed E-state index contributed by atoms with van der Waals surface area (Å²) in [5.41, 5.74) is -1.14. The van der Waals surface area contributed by atoms with E-state index in [2.05, 4.69) is 10.2 Å². The van der Waals surface area contributed by atoms with Crippen molar-refractivity contribution in [3.05, 3.63) is 21.5 Å². The van der Waals surface area contributed by atoms with E-state index in [0.29, 0.717) is 32.0 Å². The number of nitro groups is 1. The Morgan fingerprint density at radius 2 is 2.12 bits per heavy atom. The zero-order valence-corrected chi connectivity index (χ0v) is 15.7. The lowest BCUT2D eigenvalue weighted by atomic mass is 9.90. The van der Waals surface area contributed by atoms with E-state index >= 15 is 0 Å². The van der Waals surface area contributed by atoms with Crippen LogP contribution in [-0.4, -0.2) is 63.4 Å². The Hall–Kier alpha value is -2.00. The average molecular weight is 366 g/mol. The van der Waals surface area contributed by atoms with Gasteiger partial charge in [0.15, 0.2) is 0 Å². The van der Waals surface area contributed by atoms with Crippen molar-refractivity contribution in [1.29, 1.82) is 0 Å². The van der Waals surface area contributed by atoms with Gasteiger partial charge in [-0.05, 0) is 26.7 Å². The third kappa shape index (κ3) is 3.45. The Morgan fingerprint density at radius 1 is 1.38 bits per heavy atom. The maximum Gasteiger partial charge on any atom is 0.323 e. The predicted molar refractivity (Wildman–Crippen MR) is 93.2 cm³/mol. The molecule has 1 atom stereocenters. The van der Waals surface area contributed by atoms with E-state index in [4.69, 9.17) is 9.47 Å². The highest BCUT2D eigenvalue weighted by Gasteiger charge is 2.48. The maximum absolute atomic E-state index is 13.1. The van der Waals surface area contributed by atoms with Gasteiger partial charge in [-0.1, -0.05) is 13.8 Å². The van der Waals surface area contributed by atoms with Crippen LogP contribution in [0.3, 0.4) is 0 Å². The molecule has 2 fully saturated rings. The number of nitrogens with one attached hydrogen (secondary N) is 1. The van der Waals surface area contributed by atoms with Crippen LogP contribution >= 0.6 is 0 Å². The van der Waals surface area contributed by atoms with Gasteiger partial charge in [-0.3, -0.25) is 20.0 Å². The SMILES string of the molecule is CC(C)c1[nH]nc(C(=O)N2CC(C)(C)OC3(CCCOC3)C2)c1[N+](=O)[O-]. The van der Waals surface area contributed by atoms with Crippen LogP contribution in [0.15, 0.2) is 0 Å². The number of carbonyl (C=O) groups excluding carboxylic acids is 1. The number of amides is 1. The number of aromatic nitrogens is 2. The molecular formula is C17H26N4O5. The highest BCUT2D eigenvalue weighted by molar-refractivity contribution is 5.96. The van der Waals surface area contributed by atoms with Crippen LogP contribution in [-0.2, 0) is 9.47 Å². The molecular weight excluding hydrogens is 340 g/mol. The summed E-state index contributed by atoms with van der Waals surface area (Å²) >= 11 is 0. The Bertz CT molecular complexity index is 706. The molecule has 2 saturated heterocycles. The Labute approximate surface area is 152 Å². The number of carbonyl (C=O) groups is 1. The number of hydrogen-bond acceptors (Lipinski definition) is 6. The second-order valence-corrected chi connectivity index (χ2v) is 8.11. The minimum atomic E-state index is -0.569. The molecule has 144 valence electrons. The average Bonchev–Trinajstić information content (AvgIpc) is 2.98. The number of morpholine rings is 1. The molecule has 26 heavy (non-hydrogen) atoms. The molecule has 0 radical (unpaired) electrons. The van der Waals surface area contributed by atoms with Crippen molar-refractivity contribution in [1.82, 2.24) is 15.1 Å². The summed E-state index contributed by atoms with van der Waals surface area (Å²) < 4.78 is 11.9. The summed E-state index contributed by atoms with van der Waals surface area (Å²) in [7, 11) is 0. The Balaban J connectivity index is 1.93. The summed E-state index contributed by atoms with van der Waals surface area (Å²) in [4.78, 5) is 25.8. The van der Waals surface area contributed by atoms with Crippen molar-refractivity contribution in [3.8, 4) is 0 Å². The molecule has 2 aliphatic rings. The molecule has 9 nitrogen and oxygen atoms in total. The van der Waals surface area contributed by atoms with E-state index in [1.54, 1.807) is 4.90 Å². The van der Waals surface area contributed by atoms with E-state index < -0.39 is 22.0 Å². The largest absolute Gasteiger partial charge is 0.378 e. The van der Waals surface area contributed by atoms with Crippen LogP contribution in [0.25, 0.3) is 0 Å². The van der Waals surface area contributed by atoms with Crippen LogP contribution in [0.4, 0.5) is 5.69 Å². The third-order valence-electron chi connectivity index (χ3n) is 4.85. The van der Waals surface area contributed by atoms with Crippen LogP contribution in [0.2, 0.25) is 0 Å². The summed E-state index contributed by atoms with van der Waals surface area (Å²) in [6, 6.07) is 0. The Kier molecular flexibility index (Phi) is 4.78. The van der Waals surface area contributed by atoms with Gasteiger partial charge in [0, 0.05) is 19.1 Å². The molecule has 1 amide bonds. The molecule has 0 bridgehead atoms. The fraction of sp³-hybridized carbons (Fsp3) is 0.765. The highest BCUT2D eigenvalue weighted by atomic mass is 16.6. The normalized spacial score (nSPS) is 25.7. The van der Waals surface area contributed by atoms with Gasteiger partial charge >= 0.3 is 5.69 Å². The standard InChI is InChI=1S/C17H26N4O5/c1-11(2)12-14(21(23)24)13(19-18-12)15(22)20-8-16(3,4)26-17(9-20)6-5-7-25-10-17/h11H,5-10H2,1-4H3,(H,18,19). The first-order chi connectivity index (χ1) is 12.1. The van der Waals surface area contributed by atoms with Gasteiger partial charge in [0.2, 0.25) is 5.69 Å². The molecule has 1 aromatic rings. The van der Waals surface area contributed by atoms with E-state index in [1.165, 1.54) is 0 Å². The number of H-pyrrole nitrogens is 1. The molecule has 1 aromatic heterocycles. The molecule has 3 rings (SSSR count). The smallest absolute Gasteiger partial charge is 0.323 e. The van der Waals surface area contributed by atoms with Gasteiger partial charge in [0.05, 0.1) is 23.7 Å². The van der Waals surface area contributed by atoms with E-state index in [1.807, 2.05) is 27.7 Å². The fourth-order valence-corrected chi connectivity index (χ4v) is 3.93. The van der Waals surface area contributed by atoms with Crippen molar-refractivity contribution in [3.63, 3.8) is 0 Å². The second kappa shape index (κ2) is 6.62. The molecule has 0 saturated carbocycles. The molecule has 9 heteroatoms. The van der Waals surface area contributed by atoms with Gasteiger partial charge in [0.1, 0.15) is 11.3 Å². The predicted octanol–water partition coefficient (Wildman–Crippen LogP) is 2.24. The lowest BCUT2D eigenvalue weighted by molar-refractivity contribution is -0.386. The molecule has 0 aromatic carbocycles. The van der Waals surface area contributed by atoms with Gasteiger partial charge < -0.3 is 14.4 Å². The highest BCUT2D eigenvalue weighted by Crippen LogP contribution is 2.36. The zero-order chi connectivity index (χ0) is 19.1. The first-order valence-corrected chi connectivity index (χ1v) is 8.94. The van der Waals surface area contributed by atoms with E-state index in [0.717, 1.165) is 12.8 Å². The van der Waals surface area contributed by atoms with E-state index in [-0.39, 0.29) is 17.3 Å². The van der Waals surface area contributed by atoms with Crippen molar-refractivity contribution in [2.75, 3.05) is 26.3 Å². The second-order valence-electron chi connectivity index (χ2n) is 8.11. The topological polar surface area (TPSA) is 111 Å². The number of hydrogen-bond donors (Lipinski definition) is 1. The minimum absolute atomic E-state index is 0.135. The minimum Gasteiger partial charge on any atom is -0.378 e. The van der Waals surface area contributed by atoms with Gasteiger partial charge in [-0.2, -0.15) is 5.10 Å². The number of aromatic amines is 1. The van der Waals surface area contributed by atoms with E-state index in [9.17, 15) is 14.9 Å². The number of ether oxygens (including phenoxy) is 2. The van der Waals surface area contributed by atoms with Crippen LogP contribution in [0, 0.1) is 10.1 Å². The van der Waals surface area contributed by atoms with Gasteiger partial charge in [0.25, 0.3) is 5.91 Å². The summed E-state index contributed by atoms with van der Waals surface area (Å²) in [6.07, 6.45) is 1.65. The number of nitrogens with zero attached hydrogens (tertiary/aromatic N) is 3. The lowest BCUT2D eigenvalue weighted by Gasteiger charge is -2.51. The molecule has 3 heterocycles. The summed E-state index contributed by atoms with van der Waals surface area (Å²) in [6.45, 7) is 9.26. The quantitative estimate of drug-likeness (QED) is 0.649. The molecule has 2 aliphatic heterocycles. The monoisotopic (exact) mass is 366 g/mol. The fourth-order valence-electron chi connectivity index (χ4n) is 3.93. The first-order valence-electron chi connectivity index (χ1n) is 8.94. The van der Waals surface area contributed by atoms with Crippen molar-refractivity contribution in [2.45, 2.75) is 57.7 Å². The lowest BCUT2D eigenvalue weighted by Crippen LogP contribution is -2.63. The third-order valence-corrected chi connectivity index (χ3v) is 4.85. The van der Waals surface area contributed by atoms with Crippen LogP contribution in [0.5, 0.6) is 0 Å².